The van der Waals surface area contributed by atoms with Crippen molar-refractivity contribution >= 4 is 34.7 Å². The Kier molecular flexibility index (Phi) is 5.76. The van der Waals surface area contributed by atoms with Gasteiger partial charge in [0, 0.05) is 12.1 Å². The second kappa shape index (κ2) is 8.80. The number of nitro groups is 1. The number of pyridine rings is 1. The van der Waals surface area contributed by atoms with Gasteiger partial charge in [-0.05, 0) is 41.1 Å². The fourth-order valence-corrected chi connectivity index (χ4v) is 3.69. The zero-order valence-electron chi connectivity index (χ0n) is 16.0. The number of aromatic nitrogens is 1. The Bertz CT molecular complexity index is 1160. The van der Waals surface area contributed by atoms with Crippen LogP contribution >= 0.6 is 11.8 Å². The molecule has 1 saturated heterocycles. The number of carbonyl (C=O) groups is 2. The van der Waals surface area contributed by atoms with Gasteiger partial charge in [0.05, 0.1) is 16.4 Å². The number of benzene rings is 2. The van der Waals surface area contributed by atoms with Crippen LogP contribution in [0.3, 0.4) is 0 Å². The van der Waals surface area contributed by atoms with Gasteiger partial charge in [-0.1, -0.05) is 42.5 Å². The normalized spacial score (nSPS) is 14.8. The van der Waals surface area contributed by atoms with Crippen molar-refractivity contribution in [1.29, 1.82) is 0 Å². The molecule has 4 rings (SSSR count). The lowest BCUT2D eigenvalue weighted by Gasteiger charge is -2.12. The molecule has 31 heavy (non-hydrogen) atoms. The van der Waals surface area contributed by atoms with E-state index in [0.29, 0.717) is 10.7 Å². The molecule has 1 aliphatic heterocycles. The molecule has 9 heteroatoms. The minimum atomic E-state index is -0.535. The van der Waals surface area contributed by atoms with Crippen LogP contribution in [-0.2, 0) is 11.3 Å². The summed E-state index contributed by atoms with van der Waals surface area (Å²) in [5.74, 6) is 0.380. The molecular weight excluding hydrogens is 418 g/mol. The van der Waals surface area contributed by atoms with Crippen molar-refractivity contribution in [2.75, 3.05) is 0 Å². The molecule has 0 radical (unpaired) electrons. The summed E-state index contributed by atoms with van der Waals surface area (Å²) >= 11 is 0.909. The zero-order chi connectivity index (χ0) is 21.8. The molecule has 3 aromatic rings. The van der Waals surface area contributed by atoms with E-state index in [2.05, 4.69) is 4.98 Å². The van der Waals surface area contributed by atoms with E-state index in [1.165, 1.54) is 17.0 Å². The van der Waals surface area contributed by atoms with Crippen molar-refractivity contribution in [2.24, 2.45) is 0 Å². The largest absolute Gasteiger partial charge is 0.439 e. The molecule has 1 fully saturated rings. The number of carbonyl (C=O) groups excluding carboxylic acids is 2. The Balaban J connectivity index is 1.43. The summed E-state index contributed by atoms with van der Waals surface area (Å²) < 4.78 is 5.57. The predicted molar refractivity (Wildman–Crippen MR) is 115 cm³/mol. The first kappa shape index (κ1) is 20.3. The summed E-state index contributed by atoms with van der Waals surface area (Å²) in [6, 6.07) is 18.9. The van der Waals surface area contributed by atoms with Crippen molar-refractivity contribution in [3.63, 3.8) is 0 Å². The number of thioether (sulfide) groups is 1. The Morgan fingerprint density at radius 1 is 1.03 bits per heavy atom. The van der Waals surface area contributed by atoms with Crippen molar-refractivity contribution < 1.29 is 19.2 Å². The molecule has 2 amide bonds. The number of nitrogens with zero attached hydrogens (tertiary/aromatic N) is 3. The van der Waals surface area contributed by atoms with E-state index in [9.17, 15) is 19.7 Å². The van der Waals surface area contributed by atoms with Crippen LogP contribution in [0.2, 0.25) is 0 Å². The first-order valence-electron chi connectivity index (χ1n) is 9.17. The summed E-state index contributed by atoms with van der Waals surface area (Å²) in [4.78, 5) is 40.5. The van der Waals surface area contributed by atoms with Gasteiger partial charge in [0.2, 0.25) is 5.88 Å². The lowest BCUT2D eigenvalue weighted by atomic mass is 10.2. The Morgan fingerprint density at radius 2 is 1.77 bits per heavy atom. The topological polar surface area (TPSA) is 103 Å². The third-order valence-electron chi connectivity index (χ3n) is 4.39. The van der Waals surface area contributed by atoms with Gasteiger partial charge in [0.15, 0.2) is 0 Å². The molecule has 1 aromatic heterocycles. The van der Waals surface area contributed by atoms with E-state index >= 15 is 0 Å². The summed E-state index contributed by atoms with van der Waals surface area (Å²) in [6.07, 6.45) is 2.78. The molecule has 0 spiro atoms. The molecule has 0 saturated carbocycles. The Hall–Kier alpha value is -3.98. The van der Waals surface area contributed by atoms with Crippen molar-refractivity contribution in [2.45, 2.75) is 6.54 Å². The van der Waals surface area contributed by atoms with Crippen LogP contribution in [0.15, 0.2) is 77.8 Å². The molecule has 1 aliphatic rings. The standard InChI is InChI=1S/C22H15N3O5S/c26-21-19(31-22(27)24(21)14-16-4-2-1-3-5-16)12-15-6-9-18(10-7-15)30-20-11-8-17(13-23-20)25(28)29/h1-13H,14H2/b19-12-. The monoisotopic (exact) mass is 433 g/mol. The summed E-state index contributed by atoms with van der Waals surface area (Å²) in [6.45, 7) is 0.234. The van der Waals surface area contributed by atoms with Crippen LogP contribution in [0.1, 0.15) is 11.1 Å². The minimum Gasteiger partial charge on any atom is -0.439 e. The fourth-order valence-electron chi connectivity index (χ4n) is 2.85. The second-order valence-corrected chi connectivity index (χ2v) is 7.53. The maximum atomic E-state index is 12.6. The molecule has 2 aromatic carbocycles. The second-order valence-electron chi connectivity index (χ2n) is 6.54. The molecular formula is C22H15N3O5S. The fraction of sp³-hybridized carbons (Fsp3) is 0.0455. The molecule has 0 bridgehead atoms. The molecule has 0 atom stereocenters. The summed E-state index contributed by atoms with van der Waals surface area (Å²) in [5, 5.41) is 10.4. The highest BCUT2D eigenvalue weighted by molar-refractivity contribution is 8.18. The SMILES string of the molecule is O=C1S/C(=C\c2ccc(Oc3ccc([N+](=O)[O-])cn3)cc2)C(=O)N1Cc1ccccc1. The van der Waals surface area contributed by atoms with Crippen LogP contribution < -0.4 is 4.74 Å². The van der Waals surface area contributed by atoms with Gasteiger partial charge < -0.3 is 4.74 Å². The highest BCUT2D eigenvalue weighted by atomic mass is 32.2. The number of hydrogen-bond donors (Lipinski definition) is 0. The first-order valence-corrected chi connectivity index (χ1v) is 9.99. The zero-order valence-corrected chi connectivity index (χ0v) is 16.8. The van der Waals surface area contributed by atoms with E-state index in [1.54, 1.807) is 30.3 Å². The third kappa shape index (κ3) is 4.78. The number of amides is 2. The average Bonchev–Trinajstić information content (AvgIpc) is 3.03. The van der Waals surface area contributed by atoms with E-state index in [0.717, 1.165) is 29.1 Å². The lowest BCUT2D eigenvalue weighted by molar-refractivity contribution is -0.385. The summed E-state index contributed by atoms with van der Waals surface area (Å²) in [7, 11) is 0. The smallest absolute Gasteiger partial charge is 0.293 e. The van der Waals surface area contributed by atoms with Gasteiger partial charge in [0.1, 0.15) is 11.9 Å². The Labute approximate surface area is 181 Å². The highest BCUT2D eigenvalue weighted by Crippen LogP contribution is 2.33. The van der Waals surface area contributed by atoms with E-state index in [4.69, 9.17) is 4.74 Å². The van der Waals surface area contributed by atoms with Gasteiger partial charge in [0.25, 0.3) is 16.8 Å². The van der Waals surface area contributed by atoms with Crippen molar-refractivity contribution in [1.82, 2.24) is 9.88 Å². The maximum absolute atomic E-state index is 12.6. The van der Waals surface area contributed by atoms with Crippen LogP contribution in [0.25, 0.3) is 6.08 Å². The predicted octanol–water partition coefficient (Wildman–Crippen LogP) is 5.02. The number of imide groups is 1. The van der Waals surface area contributed by atoms with Crippen LogP contribution in [-0.4, -0.2) is 26.0 Å². The van der Waals surface area contributed by atoms with E-state index in [1.807, 2.05) is 30.3 Å². The van der Waals surface area contributed by atoms with Gasteiger partial charge in [-0.25, -0.2) is 4.98 Å². The molecule has 8 nitrogen and oxygen atoms in total. The van der Waals surface area contributed by atoms with Gasteiger partial charge >= 0.3 is 0 Å². The minimum absolute atomic E-state index is 0.121. The Morgan fingerprint density at radius 3 is 2.42 bits per heavy atom. The molecule has 2 heterocycles. The van der Waals surface area contributed by atoms with Gasteiger partial charge in [-0.3, -0.25) is 24.6 Å². The quantitative estimate of drug-likeness (QED) is 0.305. The lowest BCUT2D eigenvalue weighted by Crippen LogP contribution is -2.27. The van der Waals surface area contributed by atoms with Gasteiger partial charge in [-0.15, -0.1) is 0 Å². The first-order chi connectivity index (χ1) is 15.0. The number of rotatable bonds is 6. The van der Waals surface area contributed by atoms with Crippen molar-refractivity contribution in [3.8, 4) is 11.6 Å². The molecule has 154 valence electrons. The van der Waals surface area contributed by atoms with Crippen LogP contribution in [0.5, 0.6) is 11.6 Å². The number of ether oxygens (including phenoxy) is 1. The van der Waals surface area contributed by atoms with Crippen molar-refractivity contribution in [3.05, 3.63) is 99.1 Å². The van der Waals surface area contributed by atoms with E-state index in [-0.39, 0.29) is 29.3 Å². The molecule has 0 N–H and O–H groups in total. The highest BCUT2D eigenvalue weighted by Gasteiger charge is 2.34. The molecule has 0 aliphatic carbocycles. The summed E-state index contributed by atoms with van der Waals surface area (Å²) in [5.41, 5.74) is 1.49. The third-order valence-corrected chi connectivity index (χ3v) is 5.30. The molecule has 0 unspecified atom stereocenters. The van der Waals surface area contributed by atoms with E-state index < -0.39 is 4.92 Å². The maximum Gasteiger partial charge on any atom is 0.293 e. The number of hydrogen-bond acceptors (Lipinski definition) is 7. The van der Waals surface area contributed by atoms with Crippen LogP contribution in [0.4, 0.5) is 10.5 Å². The average molecular weight is 433 g/mol. The van der Waals surface area contributed by atoms with Crippen LogP contribution in [0, 0.1) is 10.1 Å². The van der Waals surface area contributed by atoms with Gasteiger partial charge in [-0.2, -0.15) is 0 Å².